The zero-order chi connectivity index (χ0) is 12.4. The van der Waals surface area contributed by atoms with E-state index in [1.807, 2.05) is 0 Å². The van der Waals surface area contributed by atoms with Gasteiger partial charge in [0.25, 0.3) is 0 Å². The van der Waals surface area contributed by atoms with E-state index in [4.69, 9.17) is 4.74 Å². The first-order valence-electron chi connectivity index (χ1n) is 7.04. The highest BCUT2D eigenvalue weighted by Crippen LogP contribution is 2.35. The van der Waals surface area contributed by atoms with E-state index >= 15 is 0 Å². The fourth-order valence-electron chi connectivity index (χ4n) is 3.04. The summed E-state index contributed by atoms with van der Waals surface area (Å²) in [5.41, 5.74) is 1.37. The molecule has 2 unspecified atom stereocenters. The van der Waals surface area contributed by atoms with Crippen LogP contribution in [0.3, 0.4) is 0 Å². The lowest BCUT2D eigenvalue weighted by Crippen LogP contribution is -2.35. The van der Waals surface area contributed by atoms with Crippen molar-refractivity contribution in [3.63, 3.8) is 0 Å². The summed E-state index contributed by atoms with van der Waals surface area (Å²) in [5, 5.41) is 3.56. The van der Waals surface area contributed by atoms with Gasteiger partial charge in [-0.05, 0) is 19.4 Å². The largest absolute Gasteiger partial charge is 0.493 e. The van der Waals surface area contributed by atoms with Crippen LogP contribution in [0.2, 0.25) is 0 Å². The highest BCUT2D eigenvalue weighted by atomic mass is 16.5. The van der Waals surface area contributed by atoms with Gasteiger partial charge in [0.15, 0.2) is 0 Å². The molecule has 1 fully saturated rings. The van der Waals surface area contributed by atoms with Crippen molar-refractivity contribution in [2.45, 2.75) is 31.8 Å². The van der Waals surface area contributed by atoms with Crippen LogP contribution in [-0.4, -0.2) is 37.2 Å². The summed E-state index contributed by atoms with van der Waals surface area (Å²) >= 11 is 0. The molecule has 2 heterocycles. The Morgan fingerprint density at radius 1 is 1.22 bits per heavy atom. The Bertz CT molecular complexity index is 407. The highest BCUT2D eigenvalue weighted by Gasteiger charge is 2.27. The van der Waals surface area contributed by atoms with E-state index in [1.165, 1.54) is 18.5 Å². The molecule has 98 valence electrons. The normalized spacial score (nSPS) is 29.2. The van der Waals surface area contributed by atoms with Crippen molar-refractivity contribution in [2.75, 3.05) is 26.2 Å². The minimum Gasteiger partial charge on any atom is -0.493 e. The summed E-state index contributed by atoms with van der Waals surface area (Å²) in [7, 11) is 0. The zero-order valence-corrected chi connectivity index (χ0v) is 11.1. The molecule has 18 heavy (non-hydrogen) atoms. The summed E-state index contributed by atoms with van der Waals surface area (Å²) in [6.07, 6.45) is 2.35. The number of para-hydroxylation sites is 1. The molecule has 1 N–H and O–H groups in total. The van der Waals surface area contributed by atoms with Crippen LogP contribution in [-0.2, 0) is 0 Å². The van der Waals surface area contributed by atoms with Gasteiger partial charge in [0.05, 0.1) is 6.61 Å². The van der Waals surface area contributed by atoms with Crippen molar-refractivity contribution in [1.82, 2.24) is 10.2 Å². The predicted molar refractivity (Wildman–Crippen MR) is 72.9 cm³/mol. The maximum Gasteiger partial charge on any atom is 0.124 e. The van der Waals surface area contributed by atoms with Crippen LogP contribution >= 0.6 is 0 Å². The highest BCUT2D eigenvalue weighted by molar-refractivity contribution is 5.37. The smallest absolute Gasteiger partial charge is 0.124 e. The first-order valence-corrected chi connectivity index (χ1v) is 7.04. The van der Waals surface area contributed by atoms with Crippen LogP contribution in [0.25, 0.3) is 0 Å². The van der Waals surface area contributed by atoms with Gasteiger partial charge >= 0.3 is 0 Å². The van der Waals surface area contributed by atoms with Gasteiger partial charge in [-0.1, -0.05) is 18.2 Å². The molecule has 1 aromatic rings. The summed E-state index contributed by atoms with van der Waals surface area (Å²) in [4.78, 5) is 2.62. The summed E-state index contributed by atoms with van der Waals surface area (Å²) in [6, 6.07) is 9.69. The monoisotopic (exact) mass is 246 g/mol. The molecular formula is C15H22N2O. The second-order valence-corrected chi connectivity index (χ2v) is 5.37. The fourth-order valence-corrected chi connectivity index (χ4v) is 3.04. The first kappa shape index (κ1) is 12.0. The number of rotatable bonds is 1. The van der Waals surface area contributed by atoms with E-state index in [9.17, 15) is 0 Å². The second-order valence-electron chi connectivity index (χ2n) is 5.37. The maximum absolute atomic E-state index is 5.75. The van der Waals surface area contributed by atoms with Gasteiger partial charge in [-0.15, -0.1) is 0 Å². The Labute approximate surface area is 109 Å². The molecule has 0 amide bonds. The van der Waals surface area contributed by atoms with E-state index in [1.54, 1.807) is 0 Å². The number of nitrogens with zero attached hydrogens (tertiary/aromatic N) is 1. The molecule has 0 radical (unpaired) electrons. The molecule has 1 saturated heterocycles. The van der Waals surface area contributed by atoms with Gasteiger partial charge in [0.2, 0.25) is 0 Å². The summed E-state index contributed by atoms with van der Waals surface area (Å²) in [6.45, 7) is 6.56. The second kappa shape index (κ2) is 5.29. The number of fused-ring (bicyclic) bond motifs is 1. The molecule has 0 bridgehead atoms. The number of hydrogen-bond acceptors (Lipinski definition) is 3. The number of ether oxygens (including phenoxy) is 1. The Kier molecular flexibility index (Phi) is 3.52. The Morgan fingerprint density at radius 3 is 3.06 bits per heavy atom. The minimum absolute atomic E-state index is 0.544. The Morgan fingerprint density at radius 2 is 2.11 bits per heavy atom. The van der Waals surface area contributed by atoms with E-state index in [2.05, 4.69) is 41.4 Å². The number of hydrogen-bond donors (Lipinski definition) is 1. The van der Waals surface area contributed by atoms with Crippen LogP contribution in [0.15, 0.2) is 24.3 Å². The third-order valence-electron chi connectivity index (χ3n) is 4.11. The van der Waals surface area contributed by atoms with Crippen LogP contribution in [0.1, 0.15) is 31.4 Å². The molecule has 2 aliphatic heterocycles. The van der Waals surface area contributed by atoms with Gasteiger partial charge in [0.1, 0.15) is 5.75 Å². The van der Waals surface area contributed by atoms with Gasteiger partial charge in [-0.2, -0.15) is 0 Å². The molecule has 0 aliphatic carbocycles. The molecule has 0 aromatic heterocycles. The van der Waals surface area contributed by atoms with Crippen LogP contribution < -0.4 is 10.1 Å². The Balaban J connectivity index is 1.80. The third-order valence-corrected chi connectivity index (χ3v) is 4.11. The molecule has 3 nitrogen and oxygen atoms in total. The van der Waals surface area contributed by atoms with E-state index < -0.39 is 0 Å². The minimum atomic E-state index is 0.544. The zero-order valence-electron chi connectivity index (χ0n) is 11.1. The molecule has 2 aliphatic rings. The van der Waals surface area contributed by atoms with Crippen LogP contribution in [0.4, 0.5) is 0 Å². The maximum atomic E-state index is 5.75. The van der Waals surface area contributed by atoms with E-state index in [0.717, 1.165) is 31.9 Å². The standard InChI is InChI=1S/C15H22N2O/c1-12-6-9-17(10-8-16-12)14-7-11-18-15-5-3-2-4-13(14)15/h2-5,12,14,16H,6-11H2,1H3. The lowest BCUT2D eigenvalue weighted by molar-refractivity contribution is 0.146. The average Bonchev–Trinajstić information content (AvgIpc) is 2.63. The van der Waals surface area contributed by atoms with Gasteiger partial charge in [-0.3, -0.25) is 4.90 Å². The summed E-state index contributed by atoms with van der Waals surface area (Å²) < 4.78 is 5.75. The lowest BCUT2D eigenvalue weighted by Gasteiger charge is -2.34. The molecular weight excluding hydrogens is 224 g/mol. The third kappa shape index (κ3) is 2.38. The van der Waals surface area contributed by atoms with Crippen molar-refractivity contribution in [3.05, 3.63) is 29.8 Å². The van der Waals surface area contributed by atoms with Crippen molar-refractivity contribution < 1.29 is 4.74 Å². The topological polar surface area (TPSA) is 24.5 Å². The molecule has 0 spiro atoms. The number of benzene rings is 1. The van der Waals surface area contributed by atoms with Crippen LogP contribution in [0, 0.1) is 0 Å². The quantitative estimate of drug-likeness (QED) is 0.822. The lowest BCUT2D eigenvalue weighted by atomic mass is 9.98. The van der Waals surface area contributed by atoms with E-state index in [-0.39, 0.29) is 0 Å². The predicted octanol–water partition coefficient (Wildman–Crippen LogP) is 2.19. The molecule has 3 heteroatoms. The van der Waals surface area contributed by atoms with Crippen molar-refractivity contribution in [1.29, 1.82) is 0 Å². The molecule has 1 aromatic carbocycles. The Hall–Kier alpha value is -1.06. The van der Waals surface area contributed by atoms with Crippen molar-refractivity contribution in [3.8, 4) is 5.75 Å². The van der Waals surface area contributed by atoms with Crippen molar-refractivity contribution >= 4 is 0 Å². The van der Waals surface area contributed by atoms with Crippen LogP contribution in [0.5, 0.6) is 5.75 Å². The SMILES string of the molecule is CC1CCN(C2CCOc3ccccc32)CCN1. The first-order chi connectivity index (χ1) is 8.84. The summed E-state index contributed by atoms with van der Waals surface area (Å²) in [5.74, 6) is 1.08. The van der Waals surface area contributed by atoms with Gasteiger partial charge in [0, 0.05) is 43.7 Å². The molecule has 2 atom stereocenters. The number of nitrogens with one attached hydrogen (secondary N) is 1. The average molecular weight is 246 g/mol. The molecule has 3 rings (SSSR count). The van der Waals surface area contributed by atoms with Gasteiger partial charge in [-0.25, -0.2) is 0 Å². The van der Waals surface area contributed by atoms with Crippen molar-refractivity contribution in [2.24, 2.45) is 0 Å². The van der Waals surface area contributed by atoms with E-state index in [0.29, 0.717) is 12.1 Å². The molecule has 0 saturated carbocycles. The van der Waals surface area contributed by atoms with Gasteiger partial charge < -0.3 is 10.1 Å². The fraction of sp³-hybridized carbons (Fsp3) is 0.600.